The van der Waals surface area contributed by atoms with Gasteiger partial charge in [-0.15, -0.1) is 0 Å². The Labute approximate surface area is 67.4 Å². The average Bonchev–Trinajstić information content (AvgIpc) is 2.01. The number of ether oxygens (including phenoxy) is 1. The van der Waals surface area contributed by atoms with Gasteiger partial charge in [0.1, 0.15) is 0 Å². The van der Waals surface area contributed by atoms with Gasteiger partial charge in [-0.05, 0) is 31.3 Å². The van der Waals surface area contributed by atoms with E-state index < -0.39 is 0 Å². The molecular formula is C9H15NO. The molecule has 0 aromatic rings. The van der Waals surface area contributed by atoms with Crippen molar-refractivity contribution in [2.45, 2.75) is 31.7 Å². The summed E-state index contributed by atoms with van der Waals surface area (Å²) in [6.45, 7) is 1.82. The highest BCUT2D eigenvalue weighted by Gasteiger charge is 2.23. The van der Waals surface area contributed by atoms with E-state index in [2.05, 4.69) is 0 Å². The van der Waals surface area contributed by atoms with Crippen LogP contribution in [-0.4, -0.2) is 19.3 Å². The number of hydrogen-bond acceptors (Lipinski definition) is 2. The summed E-state index contributed by atoms with van der Waals surface area (Å²) in [7, 11) is 0. The Morgan fingerprint density at radius 3 is 2.64 bits per heavy atom. The average molecular weight is 153 g/mol. The smallest absolute Gasteiger partial charge is 0.0679 e. The first-order chi connectivity index (χ1) is 5.36. The van der Waals surface area contributed by atoms with Crippen LogP contribution in [0.4, 0.5) is 0 Å². The standard InChI is InChI=1S/C9H15NO/c10-9-4-8(5-9)7-2-1-3-11-6-7/h9H,1-6,10H2. The lowest BCUT2D eigenvalue weighted by atomic mass is 9.82. The van der Waals surface area contributed by atoms with Crippen molar-refractivity contribution in [2.75, 3.05) is 13.2 Å². The van der Waals surface area contributed by atoms with Gasteiger partial charge in [-0.2, -0.15) is 0 Å². The van der Waals surface area contributed by atoms with Crippen LogP contribution in [-0.2, 0) is 4.74 Å². The molecule has 2 heteroatoms. The van der Waals surface area contributed by atoms with Crippen LogP contribution in [0.3, 0.4) is 0 Å². The summed E-state index contributed by atoms with van der Waals surface area (Å²) >= 11 is 0. The Hall–Kier alpha value is -0.340. The SMILES string of the molecule is NC1CC(=C2CCCOC2)C1. The van der Waals surface area contributed by atoms with Crippen molar-refractivity contribution in [3.63, 3.8) is 0 Å². The predicted octanol–water partition coefficient (Wildman–Crippen LogP) is 1.21. The van der Waals surface area contributed by atoms with Gasteiger partial charge in [0.05, 0.1) is 6.61 Å². The minimum atomic E-state index is 0.444. The van der Waals surface area contributed by atoms with E-state index in [1.807, 2.05) is 0 Å². The minimum Gasteiger partial charge on any atom is -0.377 e. The summed E-state index contributed by atoms with van der Waals surface area (Å²) in [5.74, 6) is 0. The normalized spacial score (nSPS) is 31.9. The molecule has 1 aliphatic carbocycles. The van der Waals surface area contributed by atoms with Gasteiger partial charge in [-0.25, -0.2) is 0 Å². The molecule has 62 valence electrons. The molecule has 0 spiro atoms. The molecule has 2 nitrogen and oxygen atoms in total. The third-order valence-corrected chi connectivity index (χ3v) is 2.56. The number of rotatable bonds is 0. The molecule has 0 atom stereocenters. The Morgan fingerprint density at radius 2 is 2.09 bits per heavy atom. The fourth-order valence-electron chi connectivity index (χ4n) is 1.80. The maximum atomic E-state index is 5.70. The third-order valence-electron chi connectivity index (χ3n) is 2.56. The van der Waals surface area contributed by atoms with Gasteiger partial charge in [-0.1, -0.05) is 5.57 Å². The van der Waals surface area contributed by atoms with E-state index in [1.165, 1.54) is 18.4 Å². The first-order valence-corrected chi connectivity index (χ1v) is 4.39. The van der Waals surface area contributed by atoms with Gasteiger partial charge in [0.25, 0.3) is 0 Å². The van der Waals surface area contributed by atoms with Crippen LogP contribution in [0, 0.1) is 0 Å². The fraction of sp³-hybridized carbons (Fsp3) is 0.778. The molecule has 2 aliphatic rings. The largest absolute Gasteiger partial charge is 0.377 e. The topological polar surface area (TPSA) is 35.2 Å². The van der Waals surface area contributed by atoms with E-state index in [-0.39, 0.29) is 0 Å². The van der Waals surface area contributed by atoms with Crippen molar-refractivity contribution >= 4 is 0 Å². The first kappa shape index (κ1) is 7.32. The van der Waals surface area contributed by atoms with Crippen LogP contribution in [0.15, 0.2) is 11.1 Å². The second kappa shape index (κ2) is 2.95. The summed E-state index contributed by atoms with van der Waals surface area (Å²) in [6.07, 6.45) is 4.70. The van der Waals surface area contributed by atoms with E-state index >= 15 is 0 Å². The maximum absolute atomic E-state index is 5.70. The lowest BCUT2D eigenvalue weighted by Gasteiger charge is -2.30. The molecule has 0 unspecified atom stereocenters. The Bertz CT molecular complexity index is 170. The van der Waals surface area contributed by atoms with Crippen LogP contribution in [0.1, 0.15) is 25.7 Å². The quantitative estimate of drug-likeness (QED) is 0.531. The van der Waals surface area contributed by atoms with Gasteiger partial charge < -0.3 is 10.5 Å². The summed E-state index contributed by atoms with van der Waals surface area (Å²) in [5.41, 5.74) is 8.82. The van der Waals surface area contributed by atoms with Crippen molar-refractivity contribution in [3.05, 3.63) is 11.1 Å². The van der Waals surface area contributed by atoms with Gasteiger partial charge in [-0.3, -0.25) is 0 Å². The van der Waals surface area contributed by atoms with Crippen molar-refractivity contribution < 1.29 is 4.74 Å². The van der Waals surface area contributed by atoms with E-state index in [0.717, 1.165) is 26.1 Å². The highest BCUT2D eigenvalue weighted by atomic mass is 16.5. The van der Waals surface area contributed by atoms with Crippen molar-refractivity contribution in [1.82, 2.24) is 0 Å². The zero-order chi connectivity index (χ0) is 7.68. The van der Waals surface area contributed by atoms with E-state index in [9.17, 15) is 0 Å². The molecule has 1 saturated heterocycles. The lowest BCUT2D eigenvalue weighted by Crippen LogP contribution is -2.32. The monoisotopic (exact) mass is 153 g/mol. The Morgan fingerprint density at radius 1 is 1.27 bits per heavy atom. The van der Waals surface area contributed by atoms with Gasteiger partial charge in [0.2, 0.25) is 0 Å². The number of hydrogen-bond donors (Lipinski definition) is 1. The molecule has 2 fully saturated rings. The highest BCUT2D eigenvalue weighted by Crippen LogP contribution is 2.31. The predicted molar refractivity (Wildman–Crippen MR) is 44.3 cm³/mol. The minimum absolute atomic E-state index is 0.444. The second-order valence-electron chi connectivity index (χ2n) is 3.53. The van der Waals surface area contributed by atoms with Crippen LogP contribution in [0.2, 0.25) is 0 Å². The van der Waals surface area contributed by atoms with Crippen LogP contribution < -0.4 is 5.73 Å². The maximum Gasteiger partial charge on any atom is 0.0679 e. The number of nitrogens with two attached hydrogens (primary N) is 1. The van der Waals surface area contributed by atoms with E-state index in [4.69, 9.17) is 10.5 Å². The molecule has 0 amide bonds. The zero-order valence-electron chi connectivity index (χ0n) is 6.81. The molecule has 0 aromatic carbocycles. The molecule has 2 N–H and O–H groups in total. The second-order valence-corrected chi connectivity index (χ2v) is 3.53. The summed E-state index contributed by atoms with van der Waals surface area (Å²) < 4.78 is 5.38. The molecular weight excluding hydrogens is 138 g/mol. The third kappa shape index (κ3) is 1.47. The summed E-state index contributed by atoms with van der Waals surface area (Å²) in [6, 6.07) is 0.444. The van der Waals surface area contributed by atoms with Crippen molar-refractivity contribution in [1.29, 1.82) is 0 Å². The molecule has 1 saturated carbocycles. The highest BCUT2D eigenvalue weighted by molar-refractivity contribution is 5.24. The first-order valence-electron chi connectivity index (χ1n) is 4.39. The zero-order valence-corrected chi connectivity index (χ0v) is 6.81. The summed E-state index contributed by atoms with van der Waals surface area (Å²) in [4.78, 5) is 0. The van der Waals surface area contributed by atoms with Crippen LogP contribution in [0.25, 0.3) is 0 Å². The molecule has 0 aromatic heterocycles. The lowest BCUT2D eigenvalue weighted by molar-refractivity contribution is 0.127. The molecule has 2 rings (SSSR count). The molecule has 0 radical (unpaired) electrons. The Balaban J connectivity index is 1.96. The van der Waals surface area contributed by atoms with Crippen LogP contribution in [0.5, 0.6) is 0 Å². The van der Waals surface area contributed by atoms with Crippen molar-refractivity contribution in [2.24, 2.45) is 5.73 Å². The van der Waals surface area contributed by atoms with E-state index in [0.29, 0.717) is 6.04 Å². The molecule has 1 heterocycles. The van der Waals surface area contributed by atoms with Gasteiger partial charge in [0.15, 0.2) is 0 Å². The molecule has 11 heavy (non-hydrogen) atoms. The van der Waals surface area contributed by atoms with Crippen molar-refractivity contribution in [3.8, 4) is 0 Å². The van der Waals surface area contributed by atoms with Crippen LogP contribution >= 0.6 is 0 Å². The van der Waals surface area contributed by atoms with E-state index in [1.54, 1.807) is 5.57 Å². The molecule has 1 aliphatic heterocycles. The summed E-state index contributed by atoms with van der Waals surface area (Å²) in [5, 5.41) is 0. The Kier molecular flexibility index (Phi) is 1.96. The van der Waals surface area contributed by atoms with Gasteiger partial charge in [0, 0.05) is 12.6 Å². The van der Waals surface area contributed by atoms with Gasteiger partial charge >= 0.3 is 0 Å². The molecule has 0 bridgehead atoms. The fourth-order valence-corrected chi connectivity index (χ4v) is 1.80.